The van der Waals surface area contributed by atoms with Crippen LogP contribution in [0.3, 0.4) is 0 Å². The second-order valence-electron chi connectivity index (χ2n) is 5.55. The largest absolute Gasteiger partial charge is 0.462 e. The van der Waals surface area contributed by atoms with Crippen LogP contribution in [-0.2, 0) is 9.53 Å². The highest BCUT2D eigenvalue weighted by molar-refractivity contribution is 5.66. The highest BCUT2D eigenvalue weighted by Crippen LogP contribution is 2.54. The first-order chi connectivity index (χ1) is 7.15. The number of hydrogen-bond acceptors (Lipinski definition) is 3. The van der Waals surface area contributed by atoms with Crippen molar-refractivity contribution in [3.8, 4) is 0 Å². The van der Waals surface area contributed by atoms with Crippen LogP contribution < -0.4 is 0 Å². The van der Waals surface area contributed by atoms with Gasteiger partial charge in [-0.2, -0.15) is 0 Å². The normalized spacial score (nSPS) is 51.9. The van der Waals surface area contributed by atoms with Crippen LogP contribution in [0.1, 0.15) is 32.6 Å². The number of hydrogen-bond donors (Lipinski definition) is 1. The van der Waals surface area contributed by atoms with Gasteiger partial charge in [0, 0.05) is 6.92 Å². The van der Waals surface area contributed by atoms with Gasteiger partial charge >= 0.3 is 5.97 Å². The Morgan fingerprint density at radius 2 is 1.53 bits per heavy atom. The molecule has 0 heterocycles. The molecular weight excluding hydrogens is 192 g/mol. The molecule has 0 spiro atoms. The van der Waals surface area contributed by atoms with Gasteiger partial charge in [0.25, 0.3) is 0 Å². The highest BCUT2D eigenvalue weighted by atomic mass is 16.5. The molecule has 4 aliphatic carbocycles. The number of aliphatic hydroxyl groups excluding tert-OH is 1. The molecule has 0 aromatic carbocycles. The van der Waals surface area contributed by atoms with E-state index in [4.69, 9.17) is 4.74 Å². The maximum Gasteiger partial charge on any atom is 0.302 e. The third-order valence-corrected chi connectivity index (χ3v) is 4.62. The molecular formula is C12H18O3. The summed E-state index contributed by atoms with van der Waals surface area (Å²) in [6, 6.07) is 0. The molecule has 4 rings (SSSR count). The lowest BCUT2D eigenvalue weighted by Crippen LogP contribution is -2.55. The van der Waals surface area contributed by atoms with E-state index in [0.29, 0.717) is 23.7 Å². The Bertz CT molecular complexity index is 257. The summed E-state index contributed by atoms with van der Waals surface area (Å²) in [6.07, 6.45) is 4.33. The Balaban J connectivity index is 1.78. The summed E-state index contributed by atoms with van der Waals surface area (Å²) < 4.78 is 5.44. The predicted molar refractivity (Wildman–Crippen MR) is 54.0 cm³/mol. The van der Waals surface area contributed by atoms with E-state index in [1.165, 1.54) is 6.92 Å². The predicted octanol–water partition coefficient (Wildman–Crippen LogP) is 1.34. The van der Waals surface area contributed by atoms with Gasteiger partial charge in [0.2, 0.25) is 0 Å². The molecule has 0 unspecified atom stereocenters. The van der Waals surface area contributed by atoms with E-state index in [2.05, 4.69) is 0 Å². The molecule has 4 aliphatic rings. The van der Waals surface area contributed by atoms with Crippen LogP contribution in [0.15, 0.2) is 0 Å². The first-order valence-corrected chi connectivity index (χ1v) is 6.00. The Morgan fingerprint density at radius 1 is 1.07 bits per heavy atom. The zero-order chi connectivity index (χ0) is 10.6. The number of carbonyl (C=O) groups is 1. The Morgan fingerprint density at radius 3 is 1.93 bits per heavy atom. The topological polar surface area (TPSA) is 46.5 Å². The van der Waals surface area contributed by atoms with Gasteiger partial charge in [-0.15, -0.1) is 0 Å². The summed E-state index contributed by atoms with van der Waals surface area (Å²) in [5.41, 5.74) is 0. The molecule has 3 nitrogen and oxygen atoms in total. The average Bonchev–Trinajstić information content (AvgIpc) is 2.14. The molecule has 0 saturated heterocycles. The lowest BCUT2D eigenvalue weighted by molar-refractivity contribution is -0.183. The molecule has 15 heavy (non-hydrogen) atoms. The van der Waals surface area contributed by atoms with Crippen molar-refractivity contribution in [3.63, 3.8) is 0 Å². The minimum absolute atomic E-state index is 0.0734. The number of aliphatic hydroxyl groups is 1. The third-order valence-electron chi connectivity index (χ3n) is 4.62. The molecule has 0 aromatic rings. The maximum atomic E-state index is 11.0. The third kappa shape index (κ3) is 1.40. The summed E-state index contributed by atoms with van der Waals surface area (Å²) in [6.45, 7) is 1.50. The van der Waals surface area contributed by atoms with Crippen molar-refractivity contribution in [1.29, 1.82) is 0 Å². The van der Waals surface area contributed by atoms with Crippen LogP contribution in [-0.4, -0.2) is 23.3 Å². The number of ether oxygens (including phenoxy) is 1. The molecule has 4 fully saturated rings. The van der Waals surface area contributed by atoms with Crippen molar-refractivity contribution in [1.82, 2.24) is 0 Å². The van der Waals surface area contributed by atoms with E-state index in [9.17, 15) is 9.90 Å². The quantitative estimate of drug-likeness (QED) is 0.664. The molecule has 4 saturated carbocycles. The number of esters is 1. The molecule has 0 radical (unpaired) electrons. The lowest BCUT2D eigenvalue weighted by atomic mass is 9.53. The van der Waals surface area contributed by atoms with E-state index in [0.717, 1.165) is 25.7 Å². The number of carbonyl (C=O) groups excluding carboxylic acids is 1. The summed E-state index contributed by atoms with van der Waals surface area (Å²) >= 11 is 0. The number of rotatable bonds is 1. The monoisotopic (exact) mass is 210 g/mol. The Hall–Kier alpha value is -0.570. The van der Waals surface area contributed by atoms with E-state index in [-0.39, 0.29) is 18.2 Å². The van der Waals surface area contributed by atoms with E-state index < -0.39 is 0 Å². The minimum atomic E-state index is -0.145. The van der Waals surface area contributed by atoms with E-state index in [1.54, 1.807) is 0 Å². The van der Waals surface area contributed by atoms with Crippen molar-refractivity contribution < 1.29 is 14.6 Å². The van der Waals surface area contributed by atoms with Gasteiger partial charge in [-0.05, 0) is 49.4 Å². The van der Waals surface area contributed by atoms with Crippen LogP contribution in [0.4, 0.5) is 0 Å². The first-order valence-electron chi connectivity index (χ1n) is 6.00. The summed E-state index contributed by atoms with van der Waals surface area (Å²) in [7, 11) is 0. The molecule has 0 aliphatic heterocycles. The lowest BCUT2D eigenvalue weighted by Gasteiger charge is -2.55. The summed E-state index contributed by atoms with van der Waals surface area (Å²) in [5.74, 6) is 1.88. The van der Waals surface area contributed by atoms with Crippen LogP contribution in [0.25, 0.3) is 0 Å². The zero-order valence-electron chi connectivity index (χ0n) is 9.06. The summed E-state index contributed by atoms with van der Waals surface area (Å²) in [4.78, 5) is 11.0. The van der Waals surface area contributed by atoms with E-state index in [1.807, 2.05) is 0 Å². The Kier molecular flexibility index (Phi) is 2.06. The smallest absolute Gasteiger partial charge is 0.302 e. The summed E-state index contributed by atoms with van der Waals surface area (Å²) in [5, 5.41) is 9.99. The van der Waals surface area contributed by atoms with Crippen molar-refractivity contribution in [2.24, 2.45) is 23.7 Å². The van der Waals surface area contributed by atoms with E-state index >= 15 is 0 Å². The van der Waals surface area contributed by atoms with Crippen LogP contribution in [0, 0.1) is 23.7 Å². The van der Waals surface area contributed by atoms with Crippen molar-refractivity contribution in [3.05, 3.63) is 0 Å². The van der Waals surface area contributed by atoms with Gasteiger partial charge in [-0.25, -0.2) is 0 Å². The van der Waals surface area contributed by atoms with Crippen LogP contribution in [0.5, 0.6) is 0 Å². The molecule has 1 N–H and O–H groups in total. The van der Waals surface area contributed by atoms with Crippen LogP contribution in [0.2, 0.25) is 0 Å². The minimum Gasteiger partial charge on any atom is -0.462 e. The standard InChI is InChI=1S/C12H18O3/c1-6(13)15-12-9-2-7-3-10(12)5-8(4-9)11(7)14/h7-12,14H,2-5H2,1H3. The zero-order valence-corrected chi connectivity index (χ0v) is 9.06. The van der Waals surface area contributed by atoms with Crippen molar-refractivity contribution >= 4 is 5.97 Å². The second kappa shape index (κ2) is 3.21. The average molecular weight is 210 g/mol. The van der Waals surface area contributed by atoms with Gasteiger partial charge in [-0.1, -0.05) is 0 Å². The highest BCUT2D eigenvalue weighted by Gasteiger charge is 2.53. The molecule has 84 valence electrons. The Labute approximate surface area is 89.8 Å². The van der Waals surface area contributed by atoms with Crippen molar-refractivity contribution in [2.45, 2.75) is 44.8 Å². The van der Waals surface area contributed by atoms with Crippen LogP contribution >= 0.6 is 0 Å². The molecule has 0 atom stereocenters. The molecule has 3 heteroatoms. The fraction of sp³-hybridized carbons (Fsp3) is 0.917. The first kappa shape index (κ1) is 9.64. The SMILES string of the molecule is CC(=O)OC1C2CC3CC1CC(C2)C3O. The fourth-order valence-corrected chi connectivity index (χ4v) is 4.19. The fourth-order valence-electron chi connectivity index (χ4n) is 4.19. The van der Waals surface area contributed by atoms with Gasteiger partial charge in [0.05, 0.1) is 6.10 Å². The maximum absolute atomic E-state index is 11.0. The van der Waals surface area contributed by atoms with Gasteiger partial charge in [0.1, 0.15) is 6.10 Å². The second-order valence-corrected chi connectivity index (χ2v) is 5.55. The van der Waals surface area contributed by atoms with Crippen molar-refractivity contribution in [2.75, 3.05) is 0 Å². The molecule has 0 aromatic heterocycles. The molecule has 0 amide bonds. The molecule has 4 bridgehead atoms. The van der Waals surface area contributed by atoms with Gasteiger partial charge in [0.15, 0.2) is 0 Å². The van der Waals surface area contributed by atoms with Gasteiger partial charge in [-0.3, -0.25) is 4.79 Å². The van der Waals surface area contributed by atoms with Gasteiger partial charge < -0.3 is 9.84 Å².